The summed E-state index contributed by atoms with van der Waals surface area (Å²) in [5.41, 5.74) is 6.48. The van der Waals surface area contributed by atoms with Gasteiger partial charge in [0.1, 0.15) is 10.0 Å². The van der Waals surface area contributed by atoms with Gasteiger partial charge in [-0.1, -0.05) is 11.6 Å². The summed E-state index contributed by atoms with van der Waals surface area (Å²) in [5, 5.41) is 7.33. The lowest BCUT2D eigenvalue weighted by atomic mass is 10.3. The van der Waals surface area contributed by atoms with Gasteiger partial charge in [0.15, 0.2) is 11.0 Å². The van der Waals surface area contributed by atoms with E-state index >= 15 is 0 Å². The Bertz CT molecular complexity index is 925. The second-order valence-electron chi connectivity index (χ2n) is 4.09. The van der Waals surface area contributed by atoms with Crippen LogP contribution in [0.5, 0.6) is 0 Å². The van der Waals surface area contributed by atoms with Gasteiger partial charge in [0, 0.05) is 6.20 Å². The summed E-state index contributed by atoms with van der Waals surface area (Å²) in [4.78, 5) is 3.68. The zero-order valence-corrected chi connectivity index (χ0v) is 11.9. The van der Waals surface area contributed by atoms with Gasteiger partial charge in [0.05, 0.1) is 11.4 Å². The fourth-order valence-corrected chi connectivity index (χ4v) is 3.11. The molecule has 3 N–H and O–H groups in total. The van der Waals surface area contributed by atoms with Crippen molar-refractivity contribution in [1.82, 2.24) is 15.3 Å². The van der Waals surface area contributed by atoms with Crippen LogP contribution in [0.25, 0.3) is 11.0 Å². The number of nitrogens with zero attached hydrogens (tertiary/aromatic N) is 3. The summed E-state index contributed by atoms with van der Waals surface area (Å²) < 4.78 is 31.7. The molecule has 21 heavy (non-hydrogen) atoms. The monoisotopic (exact) mass is 325 g/mol. The number of nitrogen functional groups attached to an aromatic ring is 1. The average molecular weight is 326 g/mol. The number of benzene rings is 1. The van der Waals surface area contributed by atoms with E-state index in [1.54, 1.807) is 0 Å². The van der Waals surface area contributed by atoms with E-state index < -0.39 is 10.0 Å². The van der Waals surface area contributed by atoms with Crippen molar-refractivity contribution >= 4 is 44.0 Å². The van der Waals surface area contributed by atoms with E-state index in [-0.39, 0.29) is 32.5 Å². The third-order valence-electron chi connectivity index (χ3n) is 2.68. The van der Waals surface area contributed by atoms with Gasteiger partial charge in [-0.25, -0.2) is 18.0 Å². The second-order valence-corrected chi connectivity index (χ2v) is 6.13. The van der Waals surface area contributed by atoms with Crippen LogP contribution < -0.4 is 10.5 Å². The van der Waals surface area contributed by atoms with E-state index in [0.717, 1.165) is 0 Å². The number of halogens is 1. The molecule has 0 unspecified atom stereocenters. The lowest BCUT2D eigenvalue weighted by molar-refractivity contribution is 0.315. The lowest BCUT2D eigenvalue weighted by Crippen LogP contribution is -2.13. The van der Waals surface area contributed by atoms with Crippen LogP contribution in [-0.4, -0.2) is 23.7 Å². The van der Waals surface area contributed by atoms with Crippen molar-refractivity contribution in [3.8, 4) is 0 Å². The van der Waals surface area contributed by atoms with Gasteiger partial charge in [0.2, 0.25) is 0 Å². The number of hydrogen-bond acceptors (Lipinski definition) is 7. The van der Waals surface area contributed by atoms with E-state index in [1.807, 2.05) is 0 Å². The predicted octanol–water partition coefficient (Wildman–Crippen LogP) is 1.65. The van der Waals surface area contributed by atoms with Gasteiger partial charge >= 0.3 is 0 Å². The third-order valence-corrected chi connectivity index (χ3v) is 4.30. The van der Waals surface area contributed by atoms with Crippen LogP contribution in [0.1, 0.15) is 0 Å². The zero-order valence-electron chi connectivity index (χ0n) is 10.3. The Kier molecular flexibility index (Phi) is 3.15. The molecule has 3 aromatic rings. The van der Waals surface area contributed by atoms with E-state index in [1.165, 1.54) is 30.5 Å². The van der Waals surface area contributed by atoms with Gasteiger partial charge in [-0.2, -0.15) is 0 Å². The predicted molar refractivity (Wildman–Crippen MR) is 76.3 cm³/mol. The smallest absolute Gasteiger partial charge is 0.264 e. The van der Waals surface area contributed by atoms with E-state index in [9.17, 15) is 8.42 Å². The SMILES string of the molecule is Nc1ccc(S(=O)(=O)Nc2ccnc(Cl)c2)c2nonc12. The van der Waals surface area contributed by atoms with E-state index in [0.29, 0.717) is 0 Å². The van der Waals surface area contributed by atoms with Crippen LogP contribution in [0.3, 0.4) is 0 Å². The molecule has 8 nitrogen and oxygen atoms in total. The molecule has 0 saturated heterocycles. The quantitative estimate of drug-likeness (QED) is 0.554. The Labute approximate surface area is 123 Å². The van der Waals surface area contributed by atoms with Gasteiger partial charge in [-0.3, -0.25) is 4.72 Å². The first kappa shape index (κ1) is 13.6. The van der Waals surface area contributed by atoms with Crippen molar-refractivity contribution < 1.29 is 13.0 Å². The Morgan fingerprint density at radius 2 is 1.95 bits per heavy atom. The topological polar surface area (TPSA) is 124 Å². The van der Waals surface area contributed by atoms with Crippen LogP contribution in [0, 0.1) is 0 Å². The Morgan fingerprint density at radius 1 is 1.19 bits per heavy atom. The molecule has 10 heteroatoms. The van der Waals surface area contributed by atoms with Gasteiger partial charge < -0.3 is 5.73 Å². The summed E-state index contributed by atoms with van der Waals surface area (Å²) in [5.74, 6) is 0. The third kappa shape index (κ3) is 2.48. The first-order chi connectivity index (χ1) is 9.97. The molecule has 0 saturated carbocycles. The number of nitrogens with two attached hydrogens (primary N) is 1. The molecule has 0 amide bonds. The molecule has 0 atom stereocenters. The normalized spacial score (nSPS) is 11.7. The van der Waals surface area contributed by atoms with E-state index in [4.69, 9.17) is 17.3 Å². The highest BCUT2D eigenvalue weighted by molar-refractivity contribution is 7.93. The second kappa shape index (κ2) is 4.86. The van der Waals surface area contributed by atoms with Gasteiger partial charge in [-0.05, 0) is 34.6 Å². The molecule has 0 aliphatic carbocycles. The van der Waals surface area contributed by atoms with Crippen LogP contribution in [0.4, 0.5) is 11.4 Å². The summed E-state index contributed by atoms with van der Waals surface area (Å²) in [6.07, 6.45) is 1.39. The first-order valence-corrected chi connectivity index (χ1v) is 7.48. The van der Waals surface area contributed by atoms with Crippen molar-refractivity contribution in [2.75, 3.05) is 10.5 Å². The van der Waals surface area contributed by atoms with Crippen molar-refractivity contribution in [3.63, 3.8) is 0 Å². The summed E-state index contributed by atoms with van der Waals surface area (Å²) in [6, 6.07) is 5.60. The minimum absolute atomic E-state index is 0.0580. The zero-order chi connectivity index (χ0) is 15.0. The maximum Gasteiger partial charge on any atom is 0.264 e. The van der Waals surface area contributed by atoms with Crippen LogP contribution in [0.15, 0.2) is 40.0 Å². The van der Waals surface area contributed by atoms with Crippen LogP contribution in [-0.2, 0) is 10.0 Å². The van der Waals surface area contributed by atoms with E-state index in [2.05, 4.69) is 24.6 Å². The highest BCUT2D eigenvalue weighted by atomic mass is 35.5. The number of anilines is 2. The first-order valence-electron chi connectivity index (χ1n) is 5.62. The molecule has 2 aromatic heterocycles. The number of aromatic nitrogens is 3. The van der Waals surface area contributed by atoms with Gasteiger partial charge in [-0.15, -0.1) is 0 Å². The molecule has 0 fully saturated rings. The van der Waals surface area contributed by atoms with Gasteiger partial charge in [0.25, 0.3) is 10.0 Å². The molecular weight excluding hydrogens is 318 g/mol. The van der Waals surface area contributed by atoms with Crippen LogP contribution in [0.2, 0.25) is 5.15 Å². The fraction of sp³-hybridized carbons (Fsp3) is 0. The molecule has 0 aliphatic rings. The number of fused-ring (bicyclic) bond motifs is 1. The largest absolute Gasteiger partial charge is 0.397 e. The average Bonchev–Trinajstić information content (AvgIpc) is 2.88. The Balaban J connectivity index is 2.09. The number of rotatable bonds is 3. The number of nitrogens with one attached hydrogen (secondary N) is 1. The van der Waals surface area contributed by atoms with Crippen molar-refractivity contribution in [2.45, 2.75) is 4.90 Å². The Morgan fingerprint density at radius 3 is 2.71 bits per heavy atom. The molecule has 0 radical (unpaired) electrons. The van der Waals surface area contributed by atoms with Crippen molar-refractivity contribution in [2.24, 2.45) is 0 Å². The number of sulfonamides is 1. The molecule has 2 heterocycles. The summed E-state index contributed by atoms with van der Waals surface area (Å²) in [6.45, 7) is 0. The summed E-state index contributed by atoms with van der Waals surface area (Å²) in [7, 11) is -3.90. The fourth-order valence-electron chi connectivity index (χ4n) is 1.76. The molecule has 0 bridgehead atoms. The summed E-state index contributed by atoms with van der Waals surface area (Å²) >= 11 is 5.72. The molecule has 0 aliphatic heterocycles. The maximum absolute atomic E-state index is 12.4. The minimum atomic E-state index is -3.90. The molecular formula is C11H8ClN5O3S. The number of pyridine rings is 1. The standard InChI is InChI=1S/C11H8ClN5O3S/c12-9-5-6(3-4-14-9)17-21(18,19)8-2-1-7(13)10-11(8)16-20-15-10/h1-5H,13H2,(H,14,17). The Hall–Kier alpha value is -2.39. The lowest BCUT2D eigenvalue weighted by Gasteiger charge is -2.08. The van der Waals surface area contributed by atoms with Crippen LogP contribution >= 0.6 is 11.6 Å². The molecule has 1 aromatic carbocycles. The molecule has 108 valence electrons. The number of hydrogen-bond donors (Lipinski definition) is 2. The maximum atomic E-state index is 12.4. The highest BCUT2D eigenvalue weighted by Crippen LogP contribution is 2.26. The molecule has 3 rings (SSSR count). The van der Waals surface area contributed by atoms with Crippen molar-refractivity contribution in [3.05, 3.63) is 35.6 Å². The highest BCUT2D eigenvalue weighted by Gasteiger charge is 2.22. The van der Waals surface area contributed by atoms with Crippen molar-refractivity contribution in [1.29, 1.82) is 0 Å². The molecule has 0 spiro atoms. The minimum Gasteiger partial charge on any atom is -0.397 e.